The minimum atomic E-state index is -0.176. The molecule has 0 N–H and O–H groups in total. The van der Waals surface area contributed by atoms with E-state index in [0.717, 1.165) is 5.69 Å². The second kappa shape index (κ2) is 5.27. The first-order chi connectivity index (χ1) is 10.4. The SMILES string of the molecule is CC1=C(C)C[C@H]2C(=O)N(c3ccc(N(C)C)cc3)C(=O)[C@@H]2C1. The third-order valence-electron chi connectivity index (χ3n) is 4.97. The number of anilines is 2. The van der Waals surface area contributed by atoms with E-state index in [-0.39, 0.29) is 23.7 Å². The van der Waals surface area contributed by atoms with Crippen molar-refractivity contribution in [3.63, 3.8) is 0 Å². The van der Waals surface area contributed by atoms with Crippen LogP contribution in [0.3, 0.4) is 0 Å². The first-order valence-corrected chi connectivity index (χ1v) is 7.70. The van der Waals surface area contributed by atoms with Gasteiger partial charge in [0.2, 0.25) is 11.8 Å². The minimum absolute atomic E-state index is 0.0422. The summed E-state index contributed by atoms with van der Waals surface area (Å²) in [4.78, 5) is 28.8. The minimum Gasteiger partial charge on any atom is -0.378 e. The van der Waals surface area contributed by atoms with Gasteiger partial charge in [0, 0.05) is 19.8 Å². The van der Waals surface area contributed by atoms with Crippen molar-refractivity contribution in [1.82, 2.24) is 0 Å². The zero-order valence-corrected chi connectivity index (χ0v) is 13.6. The Morgan fingerprint density at radius 1 is 0.909 bits per heavy atom. The number of carbonyl (C=O) groups is 2. The maximum Gasteiger partial charge on any atom is 0.238 e. The molecular formula is C18H22N2O2. The molecule has 1 aliphatic heterocycles. The lowest BCUT2D eigenvalue weighted by atomic mass is 9.78. The first kappa shape index (κ1) is 14.8. The Labute approximate surface area is 131 Å². The molecule has 0 spiro atoms. The number of nitrogens with zero attached hydrogens (tertiary/aromatic N) is 2. The molecule has 4 heteroatoms. The van der Waals surface area contributed by atoms with Gasteiger partial charge in [-0.2, -0.15) is 0 Å². The third kappa shape index (κ3) is 2.23. The van der Waals surface area contributed by atoms with E-state index in [1.165, 1.54) is 16.0 Å². The van der Waals surface area contributed by atoms with Gasteiger partial charge in [0.15, 0.2) is 0 Å². The molecule has 1 aromatic carbocycles. The van der Waals surface area contributed by atoms with Gasteiger partial charge < -0.3 is 4.90 Å². The molecule has 1 saturated heterocycles. The Morgan fingerprint density at radius 3 is 1.77 bits per heavy atom. The van der Waals surface area contributed by atoms with E-state index in [1.807, 2.05) is 43.3 Å². The number of benzene rings is 1. The summed E-state index contributed by atoms with van der Waals surface area (Å²) in [6.45, 7) is 4.13. The predicted octanol–water partition coefficient (Wildman–Crippen LogP) is 2.99. The average molecular weight is 298 g/mol. The number of rotatable bonds is 2. The maximum atomic E-state index is 12.7. The second-order valence-electron chi connectivity index (χ2n) is 6.60. The fourth-order valence-electron chi connectivity index (χ4n) is 3.41. The van der Waals surface area contributed by atoms with Crippen LogP contribution >= 0.6 is 0 Å². The molecule has 4 nitrogen and oxygen atoms in total. The molecule has 0 unspecified atom stereocenters. The summed E-state index contributed by atoms with van der Waals surface area (Å²) >= 11 is 0. The zero-order chi connectivity index (χ0) is 16.0. The van der Waals surface area contributed by atoms with Crippen molar-refractivity contribution in [2.24, 2.45) is 11.8 Å². The number of hydrogen-bond donors (Lipinski definition) is 0. The lowest BCUT2D eigenvalue weighted by molar-refractivity contribution is -0.122. The highest BCUT2D eigenvalue weighted by Gasteiger charge is 2.49. The number of carbonyl (C=O) groups excluding carboxylic acids is 2. The molecule has 22 heavy (non-hydrogen) atoms. The molecule has 1 aliphatic carbocycles. The van der Waals surface area contributed by atoms with Crippen LogP contribution in [0.5, 0.6) is 0 Å². The highest BCUT2D eigenvalue weighted by molar-refractivity contribution is 6.22. The van der Waals surface area contributed by atoms with E-state index in [2.05, 4.69) is 13.8 Å². The molecule has 2 amide bonds. The fourth-order valence-corrected chi connectivity index (χ4v) is 3.41. The van der Waals surface area contributed by atoms with Gasteiger partial charge in [-0.05, 0) is 51.0 Å². The van der Waals surface area contributed by atoms with Crippen LogP contribution in [0.2, 0.25) is 0 Å². The van der Waals surface area contributed by atoms with Gasteiger partial charge in [0.1, 0.15) is 0 Å². The maximum absolute atomic E-state index is 12.7. The molecular weight excluding hydrogens is 276 g/mol. The highest BCUT2D eigenvalue weighted by Crippen LogP contribution is 2.42. The van der Waals surface area contributed by atoms with Gasteiger partial charge in [0.05, 0.1) is 17.5 Å². The first-order valence-electron chi connectivity index (χ1n) is 7.70. The zero-order valence-electron chi connectivity index (χ0n) is 13.6. The Balaban J connectivity index is 1.90. The van der Waals surface area contributed by atoms with E-state index in [9.17, 15) is 9.59 Å². The van der Waals surface area contributed by atoms with E-state index >= 15 is 0 Å². The van der Waals surface area contributed by atoms with Gasteiger partial charge >= 0.3 is 0 Å². The van der Waals surface area contributed by atoms with Crippen molar-refractivity contribution in [3.8, 4) is 0 Å². The number of hydrogen-bond acceptors (Lipinski definition) is 3. The van der Waals surface area contributed by atoms with Crippen molar-refractivity contribution in [3.05, 3.63) is 35.4 Å². The Hall–Kier alpha value is -2.10. The molecule has 1 aromatic rings. The average Bonchev–Trinajstić information content (AvgIpc) is 2.72. The van der Waals surface area contributed by atoms with E-state index < -0.39 is 0 Å². The largest absolute Gasteiger partial charge is 0.378 e. The fraction of sp³-hybridized carbons (Fsp3) is 0.444. The van der Waals surface area contributed by atoms with Crippen LogP contribution < -0.4 is 9.80 Å². The molecule has 2 aliphatic rings. The van der Waals surface area contributed by atoms with Crippen molar-refractivity contribution in [2.75, 3.05) is 23.9 Å². The van der Waals surface area contributed by atoms with Gasteiger partial charge in [-0.3, -0.25) is 14.5 Å². The van der Waals surface area contributed by atoms with Crippen molar-refractivity contribution >= 4 is 23.2 Å². The molecule has 116 valence electrons. The van der Waals surface area contributed by atoms with Crippen LogP contribution in [0.15, 0.2) is 35.4 Å². The van der Waals surface area contributed by atoms with Gasteiger partial charge in [-0.1, -0.05) is 11.1 Å². The molecule has 0 radical (unpaired) electrons. The summed E-state index contributed by atoms with van der Waals surface area (Å²) in [5.41, 5.74) is 4.25. The van der Waals surface area contributed by atoms with Crippen LogP contribution in [-0.4, -0.2) is 25.9 Å². The Morgan fingerprint density at radius 2 is 1.36 bits per heavy atom. The van der Waals surface area contributed by atoms with Crippen LogP contribution in [0.1, 0.15) is 26.7 Å². The molecule has 3 rings (SSSR count). The number of fused-ring (bicyclic) bond motifs is 1. The van der Waals surface area contributed by atoms with E-state index in [0.29, 0.717) is 18.5 Å². The lowest BCUT2D eigenvalue weighted by Gasteiger charge is -2.23. The molecule has 0 aromatic heterocycles. The predicted molar refractivity (Wildman–Crippen MR) is 87.9 cm³/mol. The molecule has 1 fully saturated rings. The lowest BCUT2D eigenvalue weighted by Crippen LogP contribution is -2.30. The summed E-state index contributed by atoms with van der Waals surface area (Å²) in [6, 6.07) is 7.59. The number of allylic oxidation sites excluding steroid dienone is 2. The summed E-state index contributed by atoms with van der Waals surface area (Å²) in [5.74, 6) is -0.437. The van der Waals surface area contributed by atoms with Gasteiger partial charge in [-0.15, -0.1) is 0 Å². The van der Waals surface area contributed by atoms with E-state index in [4.69, 9.17) is 0 Å². The topological polar surface area (TPSA) is 40.6 Å². The van der Waals surface area contributed by atoms with Gasteiger partial charge in [0.25, 0.3) is 0 Å². The number of amides is 2. The quantitative estimate of drug-likeness (QED) is 0.622. The summed E-state index contributed by atoms with van der Waals surface area (Å²) in [7, 11) is 3.93. The molecule has 1 heterocycles. The number of imide groups is 1. The van der Waals surface area contributed by atoms with Crippen LogP contribution in [0.25, 0.3) is 0 Å². The third-order valence-corrected chi connectivity index (χ3v) is 4.97. The van der Waals surface area contributed by atoms with Crippen LogP contribution in [0.4, 0.5) is 11.4 Å². The summed E-state index contributed by atoms with van der Waals surface area (Å²) < 4.78 is 0. The smallest absolute Gasteiger partial charge is 0.238 e. The Kier molecular flexibility index (Phi) is 3.55. The summed E-state index contributed by atoms with van der Waals surface area (Å²) in [5, 5.41) is 0. The van der Waals surface area contributed by atoms with Gasteiger partial charge in [-0.25, -0.2) is 0 Å². The van der Waals surface area contributed by atoms with Crippen LogP contribution in [-0.2, 0) is 9.59 Å². The van der Waals surface area contributed by atoms with Crippen molar-refractivity contribution in [2.45, 2.75) is 26.7 Å². The monoisotopic (exact) mass is 298 g/mol. The normalized spacial score (nSPS) is 24.8. The summed E-state index contributed by atoms with van der Waals surface area (Å²) in [6.07, 6.45) is 1.43. The van der Waals surface area contributed by atoms with Crippen LogP contribution in [0, 0.1) is 11.8 Å². The highest BCUT2D eigenvalue weighted by atomic mass is 16.2. The van der Waals surface area contributed by atoms with E-state index in [1.54, 1.807) is 0 Å². The van der Waals surface area contributed by atoms with Crippen molar-refractivity contribution < 1.29 is 9.59 Å². The standard InChI is InChI=1S/C18H22N2O2/c1-11-9-15-16(10-12(11)2)18(22)20(17(15)21)14-7-5-13(6-8-14)19(3)4/h5-8,15-16H,9-10H2,1-4H3/t15-,16-/m1/s1. The Bertz CT molecular complexity index is 626. The molecule has 0 saturated carbocycles. The molecule has 0 bridgehead atoms. The van der Waals surface area contributed by atoms with Crippen molar-refractivity contribution in [1.29, 1.82) is 0 Å². The molecule has 2 atom stereocenters. The second-order valence-corrected chi connectivity index (χ2v) is 6.60.